The van der Waals surface area contributed by atoms with Gasteiger partial charge in [-0.3, -0.25) is 0 Å². The molecular weight excluding hydrogens is 188 g/mol. The lowest BCUT2D eigenvalue weighted by molar-refractivity contribution is 0.0908. The normalized spacial score (nSPS) is 12.0. The van der Waals surface area contributed by atoms with Crippen LogP contribution in [0.1, 0.15) is 19.8 Å². The van der Waals surface area contributed by atoms with Gasteiger partial charge in [0, 0.05) is 33.5 Å². The van der Waals surface area contributed by atoms with E-state index in [0.29, 0.717) is 13.0 Å². The predicted molar refractivity (Wildman–Crippen MR) is 52.5 cm³/mol. The van der Waals surface area contributed by atoms with Gasteiger partial charge < -0.3 is 18.4 Å². The molecule has 80 valence electrons. The lowest BCUT2D eigenvalue weighted by Crippen LogP contribution is -2.43. The van der Waals surface area contributed by atoms with Gasteiger partial charge in [0.25, 0.3) is 0 Å². The Morgan fingerprint density at radius 3 is 2.23 bits per heavy atom. The molecule has 0 aliphatic heterocycles. The number of aliphatic hydroxyl groups is 1. The third-order valence-electron chi connectivity index (χ3n) is 1.80. The van der Waals surface area contributed by atoms with Crippen LogP contribution >= 0.6 is 0 Å². The van der Waals surface area contributed by atoms with E-state index in [1.54, 1.807) is 14.2 Å². The molecule has 0 aromatic rings. The summed E-state index contributed by atoms with van der Waals surface area (Å²) in [6.45, 7) is 2.71. The second-order valence-corrected chi connectivity index (χ2v) is 5.74. The van der Waals surface area contributed by atoms with Gasteiger partial charge in [-0.05, 0) is 6.42 Å². The van der Waals surface area contributed by atoms with E-state index >= 15 is 0 Å². The third-order valence-corrected chi connectivity index (χ3v) is 4.80. The second kappa shape index (κ2) is 7.46. The molecule has 0 unspecified atom stereocenters. The summed E-state index contributed by atoms with van der Waals surface area (Å²) in [6, 6.07) is 0.825. The number of hydrogen-bond acceptors (Lipinski definition) is 4. The topological polar surface area (TPSA) is 47.9 Å². The molecule has 1 N–H and O–H groups in total. The minimum Gasteiger partial charge on any atom is -0.396 e. The van der Waals surface area contributed by atoms with Crippen LogP contribution in [0.4, 0.5) is 0 Å². The van der Waals surface area contributed by atoms with E-state index in [-0.39, 0.29) is 6.61 Å². The molecule has 0 aliphatic rings. The lowest BCUT2D eigenvalue weighted by Gasteiger charge is -2.25. The standard InChI is InChI=1S/C8H20O4Si/c1-4-8-13(10-2,11-3)12-7-5-6-9/h9H,4-8H2,1-3H3. The van der Waals surface area contributed by atoms with Gasteiger partial charge in [0.1, 0.15) is 0 Å². The highest BCUT2D eigenvalue weighted by molar-refractivity contribution is 6.60. The molecule has 0 heterocycles. The summed E-state index contributed by atoms with van der Waals surface area (Å²) in [5, 5.41) is 8.59. The van der Waals surface area contributed by atoms with Crippen LogP contribution in [0.25, 0.3) is 0 Å². The molecule has 0 fully saturated rings. The van der Waals surface area contributed by atoms with E-state index in [1.165, 1.54) is 0 Å². The first-order valence-corrected chi connectivity index (χ1v) is 6.53. The van der Waals surface area contributed by atoms with Gasteiger partial charge in [0.2, 0.25) is 0 Å². The molecule has 13 heavy (non-hydrogen) atoms. The minimum atomic E-state index is -2.39. The first kappa shape index (κ1) is 13.1. The SMILES string of the molecule is CCC[Si](OC)(OC)OCCCO. The first-order valence-electron chi connectivity index (χ1n) is 4.59. The van der Waals surface area contributed by atoms with Gasteiger partial charge in [-0.15, -0.1) is 0 Å². The van der Waals surface area contributed by atoms with Crippen molar-refractivity contribution in [1.82, 2.24) is 0 Å². The van der Waals surface area contributed by atoms with Crippen LogP contribution in [-0.4, -0.2) is 41.3 Å². The Labute approximate surface area is 81.2 Å². The zero-order valence-corrected chi connectivity index (χ0v) is 9.71. The van der Waals surface area contributed by atoms with Gasteiger partial charge >= 0.3 is 8.80 Å². The summed E-state index contributed by atoms with van der Waals surface area (Å²) in [6.07, 6.45) is 1.61. The van der Waals surface area contributed by atoms with Gasteiger partial charge in [0.05, 0.1) is 0 Å². The number of hydrogen-bond donors (Lipinski definition) is 1. The van der Waals surface area contributed by atoms with Crippen molar-refractivity contribution in [3.63, 3.8) is 0 Å². The fraction of sp³-hybridized carbons (Fsp3) is 1.00. The van der Waals surface area contributed by atoms with Crippen molar-refractivity contribution >= 4 is 8.80 Å². The summed E-state index contributed by atoms with van der Waals surface area (Å²) in [5.74, 6) is 0. The molecule has 0 bridgehead atoms. The molecular formula is C8H20O4Si. The zero-order valence-electron chi connectivity index (χ0n) is 8.71. The van der Waals surface area contributed by atoms with E-state index < -0.39 is 8.80 Å². The molecule has 0 aromatic carbocycles. The fourth-order valence-corrected chi connectivity index (χ4v) is 3.10. The van der Waals surface area contributed by atoms with Crippen LogP contribution in [0.5, 0.6) is 0 Å². The molecule has 5 heteroatoms. The molecule has 0 aliphatic carbocycles. The highest BCUT2D eigenvalue weighted by atomic mass is 28.4. The highest BCUT2D eigenvalue weighted by Crippen LogP contribution is 2.15. The van der Waals surface area contributed by atoms with Crippen molar-refractivity contribution in [2.45, 2.75) is 25.8 Å². The van der Waals surface area contributed by atoms with Crippen molar-refractivity contribution in [1.29, 1.82) is 0 Å². The summed E-state index contributed by atoms with van der Waals surface area (Å²) < 4.78 is 16.1. The Balaban J connectivity index is 3.89. The largest absolute Gasteiger partial charge is 0.500 e. The van der Waals surface area contributed by atoms with E-state index in [4.69, 9.17) is 18.4 Å². The highest BCUT2D eigenvalue weighted by Gasteiger charge is 2.37. The Morgan fingerprint density at radius 2 is 1.85 bits per heavy atom. The van der Waals surface area contributed by atoms with Gasteiger partial charge in [-0.1, -0.05) is 13.3 Å². The third kappa shape index (κ3) is 4.73. The second-order valence-electron chi connectivity index (χ2n) is 2.77. The summed E-state index contributed by atoms with van der Waals surface area (Å²) in [5.41, 5.74) is 0. The van der Waals surface area contributed by atoms with Crippen LogP contribution in [0.3, 0.4) is 0 Å². The van der Waals surface area contributed by atoms with Crippen LogP contribution in [-0.2, 0) is 13.3 Å². The maximum atomic E-state index is 8.59. The maximum Gasteiger partial charge on any atom is 0.500 e. The summed E-state index contributed by atoms with van der Waals surface area (Å²) in [4.78, 5) is 0. The smallest absolute Gasteiger partial charge is 0.396 e. The lowest BCUT2D eigenvalue weighted by atomic mass is 10.5. The van der Waals surface area contributed by atoms with Gasteiger partial charge in [0.15, 0.2) is 0 Å². The predicted octanol–water partition coefficient (Wildman–Crippen LogP) is 1.03. The molecule has 0 radical (unpaired) electrons. The Hall–Kier alpha value is 0.0569. The molecule has 0 atom stereocenters. The van der Waals surface area contributed by atoms with E-state index in [9.17, 15) is 0 Å². The fourth-order valence-electron chi connectivity index (χ4n) is 1.08. The van der Waals surface area contributed by atoms with Crippen molar-refractivity contribution in [3.05, 3.63) is 0 Å². The van der Waals surface area contributed by atoms with E-state index in [0.717, 1.165) is 12.5 Å². The molecule has 0 aromatic heterocycles. The van der Waals surface area contributed by atoms with Crippen LogP contribution in [0.2, 0.25) is 6.04 Å². The average Bonchev–Trinajstić information content (AvgIpc) is 2.17. The van der Waals surface area contributed by atoms with E-state index in [2.05, 4.69) is 6.92 Å². The van der Waals surface area contributed by atoms with Crippen LogP contribution < -0.4 is 0 Å². The monoisotopic (exact) mass is 208 g/mol. The number of rotatable bonds is 8. The Morgan fingerprint density at radius 1 is 1.23 bits per heavy atom. The molecule has 0 rings (SSSR count). The Kier molecular flexibility index (Phi) is 7.49. The van der Waals surface area contributed by atoms with Crippen LogP contribution in [0, 0.1) is 0 Å². The quantitative estimate of drug-likeness (QED) is 0.478. The molecule has 4 nitrogen and oxygen atoms in total. The molecule has 0 amide bonds. The molecule has 0 saturated carbocycles. The molecule has 0 spiro atoms. The summed E-state index contributed by atoms with van der Waals surface area (Å²) in [7, 11) is 0.839. The Bertz CT molecular complexity index is 117. The van der Waals surface area contributed by atoms with Crippen molar-refractivity contribution in [3.8, 4) is 0 Å². The van der Waals surface area contributed by atoms with E-state index in [1.807, 2.05) is 0 Å². The summed E-state index contributed by atoms with van der Waals surface area (Å²) >= 11 is 0. The van der Waals surface area contributed by atoms with Crippen molar-refractivity contribution in [2.24, 2.45) is 0 Å². The minimum absolute atomic E-state index is 0.143. The van der Waals surface area contributed by atoms with Crippen molar-refractivity contribution in [2.75, 3.05) is 27.4 Å². The van der Waals surface area contributed by atoms with Crippen molar-refractivity contribution < 1.29 is 18.4 Å². The average molecular weight is 208 g/mol. The van der Waals surface area contributed by atoms with Crippen LogP contribution in [0.15, 0.2) is 0 Å². The zero-order chi connectivity index (χ0) is 10.2. The maximum absolute atomic E-state index is 8.59. The van der Waals surface area contributed by atoms with Gasteiger partial charge in [-0.25, -0.2) is 0 Å². The number of aliphatic hydroxyl groups excluding tert-OH is 1. The first-order chi connectivity index (χ1) is 6.24. The van der Waals surface area contributed by atoms with Gasteiger partial charge in [-0.2, -0.15) is 0 Å². The molecule has 0 saturated heterocycles.